The maximum absolute atomic E-state index is 14.0. The van der Waals surface area contributed by atoms with Crippen molar-refractivity contribution < 1.29 is 8.78 Å². The Bertz CT molecular complexity index is 608. The van der Waals surface area contributed by atoms with E-state index in [4.69, 9.17) is 0 Å². The highest BCUT2D eigenvalue weighted by atomic mass is 19.2. The second-order valence-electron chi connectivity index (χ2n) is 4.98. The minimum Gasteiger partial charge on any atom is -0.313 e. The number of hydrogen-bond donors (Lipinski definition) is 1. The summed E-state index contributed by atoms with van der Waals surface area (Å²) in [5, 5.41) is 7.55. The van der Waals surface area contributed by atoms with Crippen LogP contribution < -0.4 is 5.32 Å². The number of benzene rings is 1. The Morgan fingerprint density at radius 2 is 2.05 bits per heavy atom. The molecular formula is C16H21F2N3. The number of aromatic nitrogens is 2. The first-order valence-electron chi connectivity index (χ1n) is 7.27. The lowest BCUT2D eigenvalue weighted by Gasteiger charge is -2.18. The van der Waals surface area contributed by atoms with Gasteiger partial charge in [0, 0.05) is 30.3 Å². The molecule has 0 saturated heterocycles. The monoisotopic (exact) mass is 293 g/mol. The van der Waals surface area contributed by atoms with Crippen LogP contribution in [0.25, 0.3) is 0 Å². The number of nitrogens with zero attached hydrogens (tertiary/aromatic N) is 2. The van der Waals surface area contributed by atoms with Crippen molar-refractivity contribution in [2.24, 2.45) is 0 Å². The molecule has 1 N–H and O–H groups in total. The van der Waals surface area contributed by atoms with Gasteiger partial charge in [0.1, 0.15) is 0 Å². The Kier molecular flexibility index (Phi) is 5.07. The standard InChI is InChI=1S/C16H21F2N3/c1-4-11-9-12(21(5-2)20-11)10-15(19-3)13-7-6-8-14(17)16(13)18/h6-9,15,19H,4-5,10H2,1-3H3. The van der Waals surface area contributed by atoms with Gasteiger partial charge in [-0.25, -0.2) is 8.78 Å². The average molecular weight is 293 g/mol. The quantitative estimate of drug-likeness (QED) is 0.886. The molecule has 0 aliphatic carbocycles. The molecule has 0 aliphatic heterocycles. The molecular weight excluding hydrogens is 272 g/mol. The zero-order chi connectivity index (χ0) is 15.4. The van der Waals surface area contributed by atoms with Crippen molar-refractivity contribution in [3.05, 3.63) is 52.9 Å². The smallest absolute Gasteiger partial charge is 0.163 e. The van der Waals surface area contributed by atoms with Crippen molar-refractivity contribution >= 4 is 0 Å². The Morgan fingerprint density at radius 3 is 2.67 bits per heavy atom. The van der Waals surface area contributed by atoms with E-state index in [1.165, 1.54) is 6.07 Å². The highest BCUT2D eigenvalue weighted by molar-refractivity contribution is 5.25. The van der Waals surface area contributed by atoms with Gasteiger partial charge in [-0.15, -0.1) is 0 Å². The van der Waals surface area contributed by atoms with Crippen LogP contribution in [-0.2, 0) is 19.4 Å². The van der Waals surface area contributed by atoms with Crippen molar-refractivity contribution in [2.75, 3.05) is 7.05 Å². The Morgan fingerprint density at radius 1 is 1.29 bits per heavy atom. The van der Waals surface area contributed by atoms with Gasteiger partial charge in [0.25, 0.3) is 0 Å². The van der Waals surface area contributed by atoms with Crippen molar-refractivity contribution in [3.8, 4) is 0 Å². The van der Waals surface area contributed by atoms with Crippen molar-refractivity contribution in [1.29, 1.82) is 0 Å². The molecule has 0 aliphatic rings. The SMILES string of the molecule is CCc1cc(CC(NC)c2cccc(F)c2F)n(CC)n1. The van der Waals surface area contributed by atoms with E-state index in [-0.39, 0.29) is 6.04 Å². The molecule has 1 aromatic carbocycles. The van der Waals surface area contributed by atoms with Crippen LogP contribution in [0.15, 0.2) is 24.3 Å². The molecule has 0 saturated carbocycles. The maximum atomic E-state index is 14.0. The Hall–Kier alpha value is -1.75. The largest absolute Gasteiger partial charge is 0.313 e. The van der Waals surface area contributed by atoms with Gasteiger partial charge in [-0.3, -0.25) is 4.68 Å². The topological polar surface area (TPSA) is 29.9 Å². The van der Waals surface area contributed by atoms with Gasteiger partial charge in [0.15, 0.2) is 11.6 Å². The van der Waals surface area contributed by atoms with Crippen molar-refractivity contribution in [2.45, 2.75) is 39.3 Å². The van der Waals surface area contributed by atoms with E-state index in [0.29, 0.717) is 12.0 Å². The fraction of sp³-hybridized carbons (Fsp3) is 0.438. The second-order valence-corrected chi connectivity index (χ2v) is 4.98. The minimum atomic E-state index is -0.814. The molecule has 0 spiro atoms. The van der Waals surface area contributed by atoms with E-state index in [1.807, 2.05) is 24.6 Å². The van der Waals surface area contributed by atoms with Crippen LogP contribution >= 0.6 is 0 Å². The Balaban J connectivity index is 2.31. The number of likely N-dealkylation sites (N-methyl/N-ethyl adjacent to an activating group) is 1. The van der Waals surface area contributed by atoms with Gasteiger partial charge >= 0.3 is 0 Å². The molecule has 0 amide bonds. The van der Waals surface area contributed by atoms with Gasteiger partial charge in [-0.1, -0.05) is 19.1 Å². The summed E-state index contributed by atoms with van der Waals surface area (Å²) in [6.07, 6.45) is 1.43. The van der Waals surface area contributed by atoms with Gasteiger partial charge in [0.05, 0.1) is 5.69 Å². The summed E-state index contributed by atoms with van der Waals surface area (Å²) in [6.45, 7) is 4.83. The van der Waals surface area contributed by atoms with Crippen molar-refractivity contribution in [1.82, 2.24) is 15.1 Å². The number of rotatable bonds is 6. The molecule has 1 unspecified atom stereocenters. The zero-order valence-electron chi connectivity index (χ0n) is 12.7. The molecule has 2 aromatic rings. The molecule has 1 aromatic heterocycles. The van der Waals surface area contributed by atoms with E-state index < -0.39 is 11.6 Å². The first-order chi connectivity index (χ1) is 10.1. The fourth-order valence-corrected chi connectivity index (χ4v) is 2.49. The fourth-order valence-electron chi connectivity index (χ4n) is 2.49. The lowest BCUT2D eigenvalue weighted by molar-refractivity contribution is 0.466. The summed E-state index contributed by atoms with van der Waals surface area (Å²) < 4.78 is 29.3. The molecule has 0 bridgehead atoms. The van der Waals surface area contributed by atoms with E-state index in [1.54, 1.807) is 13.1 Å². The predicted octanol–water partition coefficient (Wildman–Crippen LogP) is 3.25. The van der Waals surface area contributed by atoms with Gasteiger partial charge in [0.2, 0.25) is 0 Å². The van der Waals surface area contributed by atoms with E-state index in [0.717, 1.165) is 30.4 Å². The van der Waals surface area contributed by atoms with Crippen LogP contribution in [0.4, 0.5) is 8.78 Å². The number of aryl methyl sites for hydroxylation is 2. The molecule has 2 rings (SSSR count). The lowest BCUT2D eigenvalue weighted by atomic mass is 10.0. The van der Waals surface area contributed by atoms with Crippen molar-refractivity contribution in [3.63, 3.8) is 0 Å². The lowest BCUT2D eigenvalue weighted by Crippen LogP contribution is -2.22. The highest BCUT2D eigenvalue weighted by Gasteiger charge is 2.19. The highest BCUT2D eigenvalue weighted by Crippen LogP contribution is 2.23. The van der Waals surface area contributed by atoms with Crippen LogP contribution in [-0.4, -0.2) is 16.8 Å². The zero-order valence-corrected chi connectivity index (χ0v) is 12.7. The van der Waals surface area contributed by atoms with Crippen LogP contribution in [0.1, 0.15) is 36.8 Å². The van der Waals surface area contributed by atoms with E-state index in [9.17, 15) is 8.78 Å². The molecule has 0 fully saturated rings. The van der Waals surface area contributed by atoms with Crippen LogP contribution in [0.3, 0.4) is 0 Å². The summed E-state index contributed by atoms with van der Waals surface area (Å²) in [5.74, 6) is -1.60. The molecule has 114 valence electrons. The molecule has 0 radical (unpaired) electrons. The first-order valence-corrected chi connectivity index (χ1v) is 7.27. The number of hydrogen-bond acceptors (Lipinski definition) is 2. The van der Waals surface area contributed by atoms with Crippen LogP contribution in [0.5, 0.6) is 0 Å². The van der Waals surface area contributed by atoms with E-state index in [2.05, 4.69) is 10.4 Å². The maximum Gasteiger partial charge on any atom is 0.163 e. The third-order valence-corrected chi connectivity index (χ3v) is 3.69. The van der Waals surface area contributed by atoms with Gasteiger partial charge in [-0.2, -0.15) is 5.10 Å². The molecule has 5 heteroatoms. The summed E-state index contributed by atoms with van der Waals surface area (Å²) in [6, 6.07) is 6.04. The summed E-state index contributed by atoms with van der Waals surface area (Å²) in [5.41, 5.74) is 2.39. The predicted molar refractivity (Wildman–Crippen MR) is 79.1 cm³/mol. The van der Waals surface area contributed by atoms with Gasteiger partial charge < -0.3 is 5.32 Å². The third kappa shape index (κ3) is 3.29. The second kappa shape index (κ2) is 6.80. The average Bonchev–Trinajstić information content (AvgIpc) is 2.90. The molecule has 21 heavy (non-hydrogen) atoms. The normalized spacial score (nSPS) is 12.6. The summed E-state index contributed by atoms with van der Waals surface area (Å²) in [4.78, 5) is 0. The van der Waals surface area contributed by atoms with Gasteiger partial charge in [-0.05, 0) is 32.5 Å². The molecule has 3 nitrogen and oxygen atoms in total. The summed E-state index contributed by atoms with van der Waals surface area (Å²) >= 11 is 0. The molecule has 1 atom stereocenters. The summed E-state index contributed by atoms with van der Waals surface area (Å²) in [7, 11) is 1.75. The van der Waals surface area contributed by atoms with Crippen LogP contribution in [0.2, 0.25) is 0 Å². The first kappa shape index (κ1) is 15.6. The minimum absolute atomic E-state index is 0.285. The molecule has 1 heterocycles. The number of nitrogens with one attached hydrogen (secondary N) is 1. The number of halogens is 2. The van der Waals surface area contributed by atoms with Crippen LogP contribution in [0, 0.1) is 11.6 Å². The third-order valence-electron chi connectivity index (χ3n) is 3.69. The van der Waals surface area contributed by atoms with E-state index >= 15 is 0 Å². The Labute approximate surface area is 124 Å².